The normalized spacial score (nSPS) is 14.9. The summed E-state index contributed by atoms with van der Waals surface area (Å²) in [5.74, 6) is 0. The Labute approximate surface area is 289 Å². The summed E-state index contributed by atoms with van der Waals surface area (Å²) >= 11 is 0. The maximum absolute atomic E-state index is 2.51. The number of benzene rings is 7. The number of hydrogen-bond donors (Lipinski definition) is 0. The lowest BCUT2D eigenvalue weighted by Crippen LogP contribution is -2.26. The summed E-state index contributed by atoms with van der Waals surface area (Å²) in [7, 11) is 0. The molecule has 49 heavy (non-hydrogen) atoms. The maximum Gasteiger partial charge on any atom is 0.0726 e. The molecule has 0 amide bonds. The Kier molecular flexibility index (Phi) is 5.75. The van der Waals surface area contributed by atoms with Gasteiger partial charge in [-0.2, -0.15) is 0 Å². The molecule has 3 aliphatic carbocycles. The van der Waals surface area contributed by atoms with Gasteiger partial charge in [-0.15, -0.1) is 0 Å². The van der Waals surface area contributed by atoms with Gasteiger partial charge in [-0.05, 0) is 111 Å². The van der Waals surface area contributed by atoms with Crippen molar-refractivity contribution in [1.82, 2.24) is 0 Å². The standard InChI is InChI=1S/C48H37N/c1-30-22-24-38-43(26-30)48(40-20-12-9-17-35(40)36-18-10-13-21-41(36)48)44-27-31(2)28-45(46(38)44)49(32-14-6-5-7-15-32)33-23-25-37-34-16-8-11-19-39(34)47(3,4)42(37)29-33/h5-29H,1-4H3. The van der Waals surface area contributed by atoms with Gasteiger partial charge in [0, 0.05) is 22.4 Å². The smallest absolute Gasteiger partial charge is 0.0726 e. The van der Waals surface area contributed by atoms with E-state index in [2.05, 4.69) is 184 Å². The highest BCUT2D eigenvalue weighted by molar-refractivity contribution is 6.01. The molecule has 0 atom stereocenters. The molecule has 1 nitrogen and oxygen atoms in total. The fourth-order valence-corrected chi connectivity index (χ4v) is 9.50. The Morgan fingerprint density at radius 1 is 0.388 bits per heavy atom. The SMILES string of the molecule is Cc1ccc2c(c1)C1(c3ccccc3-c3ccccc31)c1cc(C)cc(N(c3ccccc3)c3ccc4c(c3)C(C)(C)c3ccccc3-4)c1-2. The summed E-state index contributed by atoms with van der Waals surface area (Å²) < 4.78 is 0. The molecule has 0 saturated heterocycles. The first-order valence-electron chi connectivity index (χ1n) is 17.4. The summed E-state index contributed by atoms with van der Waals surface area (Å²) in [6.07, 6.45) is 0. The van der Waals surface area contributed by atoms with Crippen LogP contribution in [-0.2, 0) is 10.8 Å². The van der Waals surface area contributed by atoms with Crippen molar-refractivity contribution >= 4 is 17.1 Å². The van der Waals surface area contributed by atoms with Crippen LogP contribution in [0.15, 0.2) is 152 Å². The van der Waals surface area contributed by atoms with Gasteiger partial charge in [0.25, 0.3) is 0 Å². The van der Waals surface area contributed by atoms with Crippen LogP contribution < -0.4 is 4.90 Å². The van der Waals surface area contributed by atoms with Crippen molar-refractivity contribution in [2.45, 2.75) is 38.5 Å². The molecule has 0 aromatic heterocycles. The predicted molar refractivity (Wildman–Crippen MR) is 204 cm³/mol. The van der Waals surface area contributed by atoms with E-state index in [1.165, 1.54) is 89.3 Å². The minimum Gasteiger partial charge on any atom is -0.310 e. The first kappa shape index (κ1) is 28.4. The Morgan fingerprint density at radius 2 is 0.939 bits per heavy atom. The molecule has 1 heteroatoms. The molecular formula is C48H37N. The van der Waals surface area contributed by atoms with Gasteiger partial charge in [0.15, 0.2) is 0 Å². The van der Waals surface area contributed by atoms with Crippen LogP contribution in [0.2, 0.25) is 0 Å². The van der Waals surface area contributed by atoms with Gasteiger partial charge in [-0.3, -0.25) is 0 Å². The van der Waals surface area contributed by atoms with E-state index in [1.54, 1.807) is 0 Å². The van der Waals surface area contributed by atoms with Gasteiger partial charge >= 0.3 is 0 Å². The van der Waals surface area contributed by atoms with Crippen LogP contribution in [-0.4, -0.2) is 0 Å². The van der Waals surface area contributed by atoms with Crippen LogP contribution in [0.4, 0.5) is 17.1 Å². The lowest BCUT2D eigenvalue weighted by atomic mass is 9.70. The van der Waals surface area contributed by atoms with E-state index in [9.17, 15) is 0 Å². The Hall–Kier alpha value is -5.66. The van der Waals surface area contributed by atoms with Crippen LogP contribution in [0.25, 0.3) is 33.4 Å². The summed E-state index contributed by atoms with van der Waals surface area (Å²) in [4.78, 5) is 2.51. The molecule has 0 N–H and O–H groups in total. The van der Waals surface area contributed by atoms with Crippen LogP contribution in [0, 0.1) is 13.8 Å². The van der Waals surface area contributed by atoms with E-state index in [0.717, 1.165) is 5.69 Å². The highest BCUT2D eigenvalue weighted by Gasteiger charge is 2.52. The number of fused-ring (bicyclic) bond motifs is 13. The van der Waals surface area contributed by atoms with Gasteiger partial charge in [0.2, 0.25) is 0 Å². The van der Waals surface area contributed by atoms with Crippen molar-refractivity contribution in [2.75, 3.05) is 4.90 Å². The Morgan fingerprint density at radius 3 is 1.63 bits per heavy atom. The predicted octanol–water partition coefficient (Wildman–Crippen LogP) is 12.4. The Balaban J connectivity index is 1.30. The second-order valence-corrected chi connectivity index (χ2v) is 14.7. The van der Waals surface area contributed by atoms with Crippen molar-refractivity contribution in [3.05, 3.63) is 196 Å². The van der Waals surface area contributed by atoms with E-state index in [4.69, 9.17) is 0 Å². The fraction of sp³-hybridized carbons (Fsp3) is 0.125. The number of hydrogen-bond acceptors (Lipinski definition) is 1. The summed E-state index contributed by atoms with van der Waals surface area (Å²) in [6.45, 7) is 9.24. The average Bonchev–Trinajstić information content (AvgIpc) is 3.67. The van der Waals surface area contributed by atoms with E-state index in [0.29, 0.717) is 0 Å². The topological polar surface area (TPSA) is 3.24 Å². The second kappa shape index (κ2) is 9.94. The Bertz CT molecular complexity index is 2450. The third kappa shape index (κ3) is 3.65. The zero-order valence-electron chi connectivity index (χ0n) is 28.4. The summed E-state index contributed by atoms with van der Waals surface area (Å²) in [5, 5.41) is 0. The van der Waals surface area contributed by atoms with E-state index in [-0.39, 0.29) is 5.41 Å². The van der Waals surface area contributed by atoms with Crippen molar-refractivity contribution in [1.29, 1.82) is 0 Å². The van der Waals surface area contributed by atoms with Gasteiger partial charge in [0.1, 0.15) is 0 Å². The first-order valence-corrected chi connectivity index (χ1v) is 17.4. The lowest BCUT2D eigenvalue weighted by Gasteiger charge is -2.33. The number of para-hydroxylation sites is 1. The zero-order valence-corrected chi connectivity index (χ0v) is 28.4. The molecule has 0 saturated carbocycles. The molecule has 0 fully saturated rings. The minimum atomic E-state index is -0.394. The molecule has 7 aromatic carbocycles. The lowest BCUT2D eigenvalue weighted by molar-refractivity contribution is 0.660. The fourth-order valence-electron chi connectivity index (χ4n) is 9.50. The minimum absolute atomic E-state index is 0.0930. The molecule has 1 spiro atoms. The molecule has 234 valence electrons. The molecule has 0 unspecified atom stereocenters. The van der Waals surface area contributed by atoms with Crippen LogP contribution in [0.5, 0.6) is 0 Å². The molecule has 10 rings (SSSR count). The number of anilines is 3. The van der Waals surface area contributed by atoms with Crippen LogP contribution in [0.1, 0.15) is 58.4 Å². The summed E-state index contributed by atoms with van der Waals surface area (Å²) in [6, 6.07) is 57.2. The second-order valence-electron chi connectivity index (χ2n) is 14.7. The molecule has 0 heterocycles. The largest absolute Gasteiger partial charge is 0.310 e. The quantitative estimate of drug-likeness (QED) is 0.188. The van der Waals surface area contributed by atoms with E-state index >= 15 is 0 Å². The van der Waals surface area contributed by atoms with Crippen molar-refractivity contribution in [2.24, 2.45) is 0 Å². The van der Waals surface area contributed by atoms with Crippen molar-refractivity contribution in [3.63, 3.8) is 0 Å². The van der Waals surface area contributed by atoms with Gasteiger partial charge in [0.05, 0.1) is 11.1 Å². The first-order chi connectivity index (χ1) is 23.9. The molecule has 0 bridgehead atoms. The number of aryl methyl sites for hydroxylation is 2. The average molecular weight is 628 g/mol. The third-order valence-electron chi connectivity index (χ3n) is 11.5. The number of rotatable bonds is 3. The van der Waals surface area contributed by atoms with Gasteiger partial charge in [-0.1, -0.05) is 141 Å². The van der Waals surface area contributed by atoms with Crippen molar-refractivity contribution in [3.8, 4) is 33.4 Å². The molecule has 0 radical (unpaired) electrons. The maximum atomic E-state index is 2.51. The van der Waals surface area contributed by atoms with Crippen molar-refractivity contribution < 1.29 is 0 Å². The van der Waals surface area contributed by atoms with Crippen LogP contribution in [0.3, 0.4) is 0 Å². The highest BCUT2D eigenvalue weighted by Crippen LogP contribution is 2.65. The number of nitrogens with zero attached hydrogens (tertiary/aromatic N) is 1. The van der Waals surface area contributed by atoms with E-state index < -0.39 is 5.41 Å². The van der Waals surface area contributed by atoms with E-state index in [1.807, 2.05) is 0 Å². The van der Waals surface area contributed by atoms with Gasteiger partial charge in [-0.25, -0.2) is 0 Å². The van der Waals surface area contributed by atoms with Crippen LogP contribution >= 0.6 is 0 Å². The molecule has 3 aliphatic rings. The zero-order chi connectivity index (χ0) is 33.1. The third-order valence-corrected chi connectivity index (χ3v) is 11.5. The molecule has 0 aliphatic heterocycles. The molecular weight excluding hydrogens is 591 g/mol. The van der Waals surface area contributed by atoms with Gasteiger partial charge < -0.3 is 4.90 Å². The summed E-state index contributed by atoms with van der Waals surface area (Å²) in [5.41, 5.74) is 21.9. The monoisotopic (exact) mass is 627 g/mol. The molecule has 7 aromatic rings. The highest BCUT2D eigenvalue weighted by atomic mass is 15.1.